The topological polar surface area (TPSA) is 66.9 Å². The first kappa shape index (κ1) is 13.8. The van der Waals surface area contributed by atoms with E-state index < -0.39 is 0 Å². The van der Waals surface area contributed by atoms with Crippen LogP contribution in [0.3, 0.4) is 0 Å². The second-order valence-corrected chi connectivity index (χ2v) is 5.32. The van der Waals surface area contributed by atoms with Crippen LogP contribution in [0.4, 0.5) is 0 Å². The number of methoxy groups -OCH3 is 1. The van der Waals surface area contributed by atoms with Crippen LogP contribution in [0.2, 0.25) is 0 Å². The van der Waals surface area contributed by atoms with Gasteiger partial charge in [-0.15, -0.1) is 0 Å². The lowest BCUT2D eigenvalue weighted by Crippen LogP contribution is -2.40. The van der Waals surface area contributed by atoms with Gasteiger partial charge in [0.1, 0.15) is 0 Å². The van der Waals surface area contributed by atoms with E-state index in [2.05, 4.69) is 0 Å². The van der Waals surface area contributed by atoms with E-state index in [0.29, 0.717) is 26.1 Å². The van der Waals surface area contributed by atoms with Crippen molar-refractivity contribution < 1.29 is 19.1 Å². The van der Waals surface area contributed by atoms with E-state index in [1.807, 2.05) is 6.92 Å². The second-order valence-electron chi connectivity index (χ2n) is 5.32. The van der Waals surface area contributed by atoms with Crippen molar-refractivity contribution in [1.82, 2.24) is 9.80 Å². The normalized spacial score (nSPS) is 26.9. The van der Waals surface area contributed by atoms with E-state index in [9.17, 15) is 14.4 Å². The molecule has 2 atom stereocenters. The summed E-state index contributed by atoms with van der Waals surface area (Å²) >= 11 is 0. The Morgan fingerprint density at radius 1 is 1.37 bits per heavy atom. The molecule has 0 spiro atoms. The van der Waals surface area contributed by atoms with Crippen molar-refractivity contribution in [3.63, 3.8) is 0 Å². The highest BCUT2D eigenvalue weighted by Gasteiger charge is 2.38. The predicted molar refractivity (Wildman–Crippen MR) is 67.1 cm³/mol. The van der Waals surface area contributed by atoms with Crippen LogP contribution < -0.4 is 0 Å². The van der Waals surface area contributed by atoms with Crippen LogP contribution in [0.25, 0.3) is 0 Å². The number of carbonyl (C=O) groups is 3. The Labute approximate surface area is 112 Å². The van der Waals surface area contributed by atoms with Gasteiger partial charge in [0, 0.05) is 26.1 Å². The molecule has 0 radical (unpaired) electrons. The van der Waals surface area contributed by atoms with E-state index in [1.54, 1.807) is 9.80 Å². The lowest BCUT2D eigenvalue weighted by molar-refractivity contribution is -0.146. The first-order valence-corrected chi connectivity index (χ1v) is 6.66. The van der Waals surface area contributed by atoms with Crippen LogP contribution in [-0.2, 0) is 19.1 Å². The SMILES string of the molecule is COC(=O)C1CN(C(=O)CN2CCCC2=O)CC1C. The van der Waals surface area contributed by atoms with Gasteiger partial charge >= 0.3 is 5.97 Å². The van der Waals surface area contributed by atoms with Gasteiger partial charge in [-0.2, -0.15) is 0 Å². The molecule has 0 saturated carbocycles. The van der Waals surface area contributed by atoms with Gasteiger partial charge in [0.05, 0.1) is 19.6 Å². The standard InChI is InChI=1S/C13H20N2O4/c1-9-6-15(7-10(9)13(18)19-2)12(17)8-14-5-3-4-11(14)16/h9-10H,3-8H2,1-2H3. The van der Waals surface area contributed by atoms with E-state index in [1.165, 1.54) is 7.11 Å². The fourth-order valence-electron chi connectivity index (χ4n) is 2.76. The van der Waals surface area contributed by atoms with Crippen LogP contribution >= 0.6 is 0 Å². The van der Waals surface area contributed by atoms with E-state index in [4.69, 9.17) is 4.74 Å². The molecule has 6 nitrogen and oxygen atoms in total. The monoisotopic (exact) mass is 268 g/mol. The fraction of sp³-hybridized carbons (Fsp3) is 0.769. The van der Waals surface area contributed by atoms with Gasteiger partial charge in [-0.1, -0.05) is 6.92 Å². The molecule has 106 valence electrons. The van der Waals surface area contributed by atoms with E-state index in [0.717, 1.165) is 6.42 Å². The molecule has 2 aliphatic rings. The Kier molecular flexibility index (Phi) is 4.07. The van der Waals surface area contributed by atoms with Gasteiger partial charge in [0.15, 0.2) is 0 Å². The van der Waals surface area contributed by atoms with Crippen molar-refractivity contribution in [2.45, 2.75) is 19.8 Å². The molecule has 2 heterocycles. The zero-order valence-corrected chi connectivity index (χ0v) is 11.4. The number of amides is 2. The molecule has 2 rings (SSSR count). The first-order valence-electron chi connectivity index (χ1n) is 6.66. The summed E-state index contributed by atoms with van der Waals surface area (Å²) in [6, 6.07) is 0. The highest BCUT2D eigenvalue weighted by molar-refractivity contribution is 5.86. The van der Waals surface area contributed by atoms with Gasteiger partial charge in [-0.25, -0.2) is 0 Å². The van der Waals surface area contributed by atoms with Crippen LogP contribution in [0.15, 0.2) is 0 Å². The second kappa shape index (κ2) is 5.59. The Hall–Kier alpha value is -1.59. The minimum atomic E-state index is -0.264. The summed E-state index contributed by atoms with van der Waals surface area (Å²) in [7, 11) is 1.36. The maximum atomic E-state index is 12.1. The maximum absolute atomic E-state index is 12.1. The molecule has 2 amide bonds. The molecule has 2 unspecified atom stereocenters. The summed E-state index contributed by atoms with van der Waals surface area (Å²) in [4.78, 5) is 38.4. The van der Waals surface area contributed by atoms with Gasteiger partial charge in [0.25, 0.3) is 0 Å². The summed E-state index contributed by atoms with van der Waals surface area (Å²) in [6.45, 7) is 3.69. The van der Waals surface area contributed by atoms with E-state index in [-0.39, 0.29) is 36.2 Å². The quantitative estimate of drug-likeness (QED) is 0.669. The van der Waals surface area contributed by atoms with E-state index >= 15 is 0 Å². The molecule has 0 aromatic rings. The van der Waals surface area contributed by atoms with Gasteiger partial charge in [0.2, 0.25) is 11.8 Å². The summed E-state index contributed by atoms with van der Waals surface area (Å²) < 4.78 is 4.74. The minimum Gasteiger partial charge on any atom is -0.469 e. The Morgan fingerprint density at radius 2 is 2.11 bits per heavy atom. The molecule has 0 bridgehead atoms. The summed E-state index contributed by atoms with van der Waals surface area (Å²) in [5, 5.41) is 0. The number of likely N-dealkylation sites (tertiary alicyclic amines) is 2. The van der Waals surface area contributed by atoms with Crippen LogP contribution in [0.5, 0.6) is 0 Å². The minimum absolute atomic E-state index is 0.0464. The molecule has 2 aliphatic heterocycles. The number of hydrogen-bond donors (Lipinski definition) is 0. The first-order chi connectivity index (χ1) is 9.02. The van der Waals surface area contributed by atoms with Crippen molar-refractivity contribution in [1.29, 1.82) is 0 Å². The average molecular weight is 268 g/mol. The number of carbonyl (C=O) groups excluding carboxylic acids is 3. The molecular formula is C13H20N2O4. The molecular weight excluding hydrogens is 248 g/mol. The molecule has 6 heteroatoms. The third kappa shape index (κ3) is 2.88. The van der Waals surface area contributed by atoms with Crippen LogP contribution in [0, 0.1) is 11.8 Å². The lowest BCUT2D eigenvalue weighted by atomic mass is 9.99. The van der Waals surface area contributed by atoms with Crippen molar-refractivity contribution in [2.24, 2.45) is 11.8 Å². The average Bonchev–Trinajstić information content (AvgIpc) is 2.95. The summed E-state index contributed by atoms with van der Waals surface area (Å²) in [6.07, 6.45) is 1.36. The van der Waals surface area contributed by atoms with Crippen molar-refractivity contribution in [3.8, 4) is 0 Å². The molecule has 0 aromatic heterocycles. The zero-order valence-electron chi connectivity index (χ0n) is 11.4. The molecule has 2 saturated heterocycles. The summed E-state index contributed by atoms with van der Waals surface area (Å²) in [5.74, 6) is -0.437. The fourth-order valence-corrected chi connectivity index (χ4v) is 2.76. The predicted octanol–water partition coefficient (Wildman–Crippen LogP) is -0.124. The number of esters is 1. The Balaban J connectivity index is 1.90. The molecule has 19 heavy (non-hydrogen) atoms. The third-order valence-corrected chi connectivity index (χ3v) is 3.97. The van der Waals surface area contributed by atoms with Crippen LogP contribution in [-0.4, -0.2) is 60.9 Å². The molecule has 2 fully saturated rings. The highest BCUT2D eigenvalue weighted by Crippen LogP contribution is 2.24. The zero-order chi connectivity index (χ0) is 14.0. The Bertz CT molecular complexity index is 396. The van der Waals surface area contributed by atoms with Crippen molar-refractivity contribution in [2.75, 3.05) is 33.3 Å². The molecule has 0 N–H and O–H groups in total. The number of nitrogens with zero attached hydrogens (tertiary/aromatic N) is 2. The maximum Gasteiger partial charge on any atom is 0.310 e. The highest BCUT2D eigenvalue weighted by atomic mass is 16.5. The van der Waals surface area contributed by atoms with Gasteiger partial charge in [-0.3, -0.25) is 14.4 Å². The Morgan fingerprint density at radius 3 is 2.68 bits per heavy atom. The molecule has 0 aliphatic carbocycles. The van der Waals surface area contributed by atoms with Crippen molar-refractivity contribution in [3.05, 3.63) is 0 Å². The number of hydrogen-bond acceptors (Lipinski definition) is 4. The summed E-state index contributed by atoms with van der Waals surface area (Å²) in [5.41, 5.74) is 0. The van der Waals surface area contributed by atoms with Crippen molar-refractivity contribution >= 4 is 17.8 Å². The number of ether oxygens (including phenoxy) is 1. The van der Waals surface area contributed by atoms with Crippen LogP contribution in [0.1, 0.15) is 19.8 Å². The molecule has 0 aromatic carbocycles. The van der Waals surface area contributed by atoms with Gasteiger partial charge in [-0.05, 0) is 12.3 Å². The number of rotatable bonds is 3. The van der Waals surface area contributed by atoms with Gasteiger partial charge < -0.3 is 14.5 Å². The lowest BCUT2D eigenvalue weighted by Gasteiger charge is -2.21. The smallest absolute Gasteiger partial charge is 0.310 e. The third-order valence-electron chi connectivity index (χ3n) is 3.97. The largest absolute Gasteiger partial charge is 0.469 e.